The molecule has 0 radical (unpaired) electrons. The number of nitrogens with zero attached hydrogens (tertiary/aromatic N) is 1. The molecule has 3 heteroatoms. The number of rotatable bonds is 4. The standard InChI is InChI=1S/C18H17NO2/c20-17-13-16(15-9-5-2-6-10-15)18(21)19(17)12-11-14-7-3-1-4-8-14/h1-10,16H,11-13H2. The SMILES string of the molecule is O=C1CC(c2ccccc2)C(=O)N1CCc1ccccc1. The van der Waals surface area contributed by atoms with Crippen LogP contribution in [0, 0.1) is 0 Å². The summed E-state index contributed by atoms with van der Waals surface area (Å²) in [6.45, 7) is 0.463. The van der Waals surface area contributed by atoms with Gasteiger partial charge in [-0.1, -0.05) is 60.7 Å². The number of likely N-dealkylation sites (tertiary alicyclic amines) is 1. The Morgan fingerprint density at radius 2 is 1.52 bits per heavy atom. The smallest absolute Gasteiger partial charge is 0.237 e. The van der Waals surface area contributed by atoms with Gasteiger partial charge < -0.3 is 0 Å². The predicted octanol–water partition coefficient (Wildman–Crippen LogP) is 2.77. The van der Waals surface area contributed by atoms with E-state index in [1.165, 1.54) is 4.90 Å². The van der Waals surface area contributed by atoms with Gasteiger partial charge in [0.25, 0.3) is 0 Å². The van der Waals surface area contributed by atoms with E-state index in [9.17, 15) is 9.59 Å². The molecule has 1 heterocycles. The molecule has 2 aromatic rings. The first-order valence-electron chi connectivity index (χ1n) is 7.19. The minimum Gasteiger partial charge on any atom is -0.282 e. The van der Waals surface area contributed by atoms with Crippen LogP contribution in [-0.4, -0.2) is 23.3 Å². The highest BCUT2D eigenvalue weighted by Gasteiger charge is 2.38. The van der Waals surface area contributed by atoms with E-state index in [0.29, 0.717) is 13.0 Å². The fraction of sp³-hybridized carbons (Fsp3) is 0.222. The van der Waals surface area contributed by atoms with E-state index in [1.807, 2.05) is 60.7 Å². The van der Waals surface area contributed by atoms with Crippen molar-refractivity contribution >= 4 is 11.8 Å². The van der Waals surface area contributed by atoms with Crippen LogP contribution in [0.4, 0.5) is 0 Å². The Balaban J connectivity index is 1.70. The van der Waals surface area contributed by atoms with Crippen LogP contribution >= 0.6 is 0 Å². The number of hydrogen-bond donors (Lipinski definition) is 0. The summed E-state index contributed by atoms with van der Waals surface area (Å²) in [5.41, 5.74) is 2.07. The highest BCUT2D eigenvalue weighted by molar-refractivity contribution is 6.06. The lowest BCUT2D eigenvalue weighted by atomic mass is 9.98. The molecule has 3 nitrogen and oxygen atoms in total. The molecule has 0 saturated carbocycles. The second kappa shape index (κ2) is 5.92. The maximum Gasteiger partial charge on any atom is 0.237 e. The van der Waals surface area contributed by atoms with Crippen LogP contribution in [-0.2, 0) is 16.0 Å². The molecule has 1 atom stereocenters. The summed E-state index contributed by atoms with van der Waals surface area (Å²) in [6, 6.07) is 19.5. The van der Waals surface area contributed by atoms with Crippen molar-refractivity contribution in [2.24, 2.45) is 0 Å². The van der Waals surface area contributed by atoms with E-state index in [-0.39, 0.29) is 24.2 Å². The van der Waals surface area contributed by atoms with Crippen molar-refractivity contribution in [2.45, 2.75) is 18.8 Å². The molecule has 2 amide bonds. The Labute approximate surface area is 124 Å². The molecule has 1 aliphatic heterocycles. The summed E-state index contributed by atoms with van der Waals surface area (Å²) in [5, 5.41) is 0. The molecule has 0 spiro atoms. The molecule has 0 bridgehead atoms. The fourth-order valence-electron chi connectivity index (χ4n) is 2.75. The van der Waals surface area contributed by atoms with Gasteiger partial charge in [-0.25, -0.2) is 0 Å². The Morgan fingerprint density at radius 1 is 0.905 bits per heavy atom. The van der Waals surface area contributed by atoms with E-state index in [4.69, 9.17) is 0 Å². The predicted molar refractivity (Wildman–Crippen MR) is 80.7 cm³/mol. The van der Waals surface area contributed by atoms with Crippen molar-refractivity contribution in [1.29, 1.82) is 0 Å². The van der Waals surface area contributed by atoms with Crippen LogP contribution < -0.4 is 0 Å². The first kappa shape index (κ1) is 13.6. The van der Waals surface area contributed by atoms with Gasteiger partial charge in [0, 0.05) is 13.0 Å². The second-order valence-electron chi connectivity index (χ2n) is 5.29. The molecule has 0 aliphatic carbocycles. The monoisotopic (exact) mass is 279 g/mol. The van der Waals surface area contributed by atoms with Gasteiger partial charge in [0.05, 0.1) is 5.92 Å². The van der Waals surface area contributed by atoms with E-state index >= 15 is 0 Å². The van der Waals surface area contributed by atoms with Crippen LogP contribution in [0.5, 0.6) is 0 Å². The number of hydrogen-bond acceptors (Lipinski definition) is 2. The van der Waals surface area contributed by atoms with E-state index in [1.54, 1.807) is 0 Å². The van der Waals surface area contributed by atoms with Crippen molar-refractivity contribution < 1.29 is 9.59 Å². The summed E-state index contributed by atoms with van der Waals surface area (Å²) in [7, 11) is 0. The van der Waals surface area contributed by atoms with Gasteiger partial charge in [-0.2, -0.15) is 0 Å². The Morgan fingerprint density at radius 3 is 2.19 bits per heavy atom. The summed E-state index contributed by atoms with van der Waals surface area (Å²) in [5.74, 6) is -0.443. The Hall–Kier alpha value is -2.42. The lowest BCUT2D eigenvalue weighted by Crippen LogP contribution is -2.32. The molecule has 1 aliphatic rings. The van der Waals surface area contributed by atoms with Crippen LogP contribution in [0.15, 0.2) is 60.7 Å². The Kier molecular flexibility index (Phi) is 3.82. The Bertz CT molecular complexity index is 637. The largest absolute Gasteiger partial charge is 0.282 e. The van der Waals surface area contributed by atoms with Gasteiger partial charge in [-0.15, -0.1) is 0 Å². The van der Waals surface area contributed by atoms with Crippen molar-refractivity contribution in [3.63, 3.8) is 0 Å². The van der Waals surface area contributed by atoms with Gasteiger partial charge in [0.15, 0.2) is 0 Å². The van der Waals surface area contributed by atoms with Gasteiger partial charge in [-0.05, 0) is 17.5 Å². The first-order valence-corrected chi connectivity index (χ1v) is 7.19. The molecule has 3 rings (SSSR count). The van der Waals surface area contributed by atoms with Crippen molar-refractivity contribution in [2.75, 3.05) is 6.54 Å². The fourth-order valence-corrected chi connectivity index (χ4v) is 2.75. The molecule has 0 N–H and O–H groups in total. The van der Waals surface area contributed by atoms with E-state index < -0.39 is 0 Å². The number of imide groups is 1. The van der Waals surface area contributed by atoms with Gasteiger partial charge in [-0.3, -0.25) is 14.5 Å². The van der Waals surface area contributed by atoms with E-state index in [0.717, 1.165) is 11.1 Å². The lowest BCUT2D eigenvalue weighted by molar-refractivity contribution is -0.138. The van der Waals surface area contributed by atoms with Crippen LogP contribution in [0.1, 0.15) is 23.5 Å². The summed E-state index contributed by atoms with van der Waals surface area (Å²) >= 11 is 0. The van der Waals surface area contributed by atoms with Crippen LogP contribution in [0.3, 0.4) is 0 Å². The highest BCUT2D eigenvalue weighted by Crippen LogP contribution is 2.29. The molecule has 2 aromatic carbocycles. The maximum atomic E-state index is 12.4. The van der Waals surface area contributed by atoms with Crippen LogP contribution in [0.25, 0.3) is 0 Å². The molecule has 106 valence electrons. The molecule has 1 unspecified atom stereocenters. The normalized spacial score (nSPS) is 18.3. The van der Waals surface area contributed by atoms with Crippen LogP contribution in [0.2, 0.25) is 0 Å². The molecule has 21 heavy (non-hydrogen) atoms. The molecular formula is C18H17NO2. The quantitative estimate of drug-likeness (QED) is 0.807. The number of amides is 2. The average Bonchev–Trinajstić information content (AvgIpc) is 2.82. The zero-order valence-corrected chi connectivity index (χ0v) is 11.7. The first-order chi connectivity index (χ1) is 10.3. The third-order valence-corrected chi connectivity index (χ3v) is 3.91. The number of benzene rings is 2. The van der Waals surface area contributed by atoms with Crippen molar-refractivity contribution in [1.82, 2.24) is 4.90 Å². The zero-order valence-electron chi connectivity index (χ0n) is 11.7. The minimum atomic E-state index is -0.311. The second-order valence-corrected chi connectivity index (χ2v) is 5.29. The lowest BCUT2D eigenvalue weighted by Gasteiger charge is -2.15. The van der Waals surface area contributed by atoms with Gasteiger partial charge in [0.1, 0.15) is 0 Å². The average molecular weight is 279 g/mol. The zero-order chi connectivity index (χ0) is 14.7. The molecular weight excluding hydrogens is 262 g/mol. The van der Waals surface area contributed by atoms with Crippen molar-refractivity contribution in [3.05, 3.63) is 71.8 Å². The van der Waals surface area contributed by atoms with Crippen molar-refractivity contribution in [3.8, 4) is 0 Å². The molecule has 1 fully saturated rings. The van der Waals surface area contributed by atoms with Gasteiger partial charge in [0.2, 0.25) is 11.8 Å². The molecule has 0 aromatic heterocycles. The maximum absolute atomic E-state index is 12.4. The minimum absolute atomic E-state index is 0.0650. The topological polar surface area (TPSA) is 37.4 Å². The third kappa shape index (κ3) is 2.87. The highest BCUT2D eigenvalue weighted by atomic mass is 16.2. The summed E-state index contributed by atoms with van der Waals surface area (Å²) in [6.07, 6.45) is 0.997. The molecule has 1 saturated heterocycles. The number of carbonyl (C=O) groups excluding carboxylic acids is 2. The van der Waals surface area contributed by atoms with Gasteiger partial charge >= 0.3 is 0 Å². The number of carbonyl (C=O) groups is 2. The summed E-state index contributed by atoms with van der Waals surface area (Å²) < 4.78 is 0. The third-order valence-electron chi connectivity index (χ3n) is 3.91. The van der Waals surface area contributed by atoms with E-state index in [2.05, 4.69) is 0 Å². The summed E-state index contributed by atoms with van der Waals surface area (Å²) in [4.78, 5) is 25.9.